The number of amides is 2. The monoisotopic (exact) mass is 906 g/mol. The van der Waals surface area contributed by atoms with E-state index in [4.69, 9.17) is 23.2 Å². The van der Waals surface area contributed by atoms with E-state index in [9.17, 15) is 27.2 Å². The van der Waals surface area contributed by atoms with Gasteiger partial charge in [-0.3, -0.25) is 21.7 Å². The maximum absolute atomic E-state index is 14.2. The molecule has 4 aromatic rings. The summed E-state index contributed by atoms with van der Waals surface area (Å²) in [6.07, 6.45) is 24.4. The van der Waals surface area contributed by atoms with Crippen LogP contribution in [0.4, 0.5) is 17.6 Å². The first-order valence-electron chi connectivity index (χ1n) is 20.3. The van der Waals surface area contributed by atoms with Crippen LogP contribution >= 0.6 is 23.2 Å². The first kappa shape index (κ1) is 52.9. The van der Waals surface area contributed by atoms with Gasteiger partial charge in [0, 0.05) is 69.6 Å². The normalized spacial score (nSPS) is 12.8. The van der Waals surface area contributed by atoms with Gasteiger partial charge in [0.2, 0.25) is 0 Å². The minimum atomic E-state index is -0.753. The summed E-state index contributed by atoms with van der Waals surface area (Å²) < 4.78 is 54.9. The molecule has 0 N–H and O–H groups in total. The van der Waals surface area contributed by atoms with Crippen LogP contribution in [0.1, 0.15) is 123 Å². The second-order valence-electron chi connectivity index (χ2n) is 13.7. The van der Waals surface area contributed by atoms with E-state index in [1.807, 2.05) is 52.0 Å². The largest absolute Gasteiger partial charge is 4.00 e. The predicted octanol–water partition coefficient (Wildman–Crippen LogP) is 14.2. The van der Waals surface area contributed by atoms with Crippen LogP contribution in [0.25, 0.3) is 0 Å². The molecule has 0 saturated heterocycles. The number of hydrogen-bond donors (Lipinski definition) is 0. The van der Waals surface area contributed by atoms with Crippen molar-refractivity contribution in [1.29, 1.82) is 0 Å². The molecule has 2 amide bonds. The molecule has 61 heavy (non-hydrogen) atoms. The summed E-state index contributed by atoms with van der Waals surface area (Å²) in [7, 11) is 0. The van der Waals surface area contributed by atoms with E-state index in [0.29, 0.717) is 47.1 Å². The molecule has 320 valence electrons. The Balaban J connectivity index is 0.000000335. The molecule has 2 aliphatic rings. The van der Waals surface area contributed by atoms with Crippen molar-refractivity contribution >= 4 is 35.0 Å². The van der Waals surface area contributed by atoms with Crippen LogP contribution in [0.2, 0.25) is 10.0 Å². The molecule has 4 aromatic carbocycles. The van der Waals surface area contributed by atoms with Gasteiger partial charge in [-0.05, 0) is 74.2 Å². The molecule has 2 aliphatic carbocycles. The third-order valence-electron chi connectivity index (χ3n) is 9.41. The molecule has 0 heterocycles. The molecular weight excluding hydrogens is 855 g/mol. The van der Waals surface area contributed by atoms with Gasteiger partial charge in [-0.1, -0.05) is 74.9 Å². The SMILES string of the molecule is CCCCN(C(=O)c1ccc(Cl)cc1)C(CC)c1ccc(F)[c-]c1F.CCCCN(C(=O)c1ccc(Cl)cc1)C(CC)c1ccc(F)[c-]c1F.[C-]1=CC=CC1.[C-]1=CC=CC1.[Ti+4]. The van der Waals surface area contributed by atoms with Gasteiger partial charge in [0.05, 0.1) is 0 Å². The molecule has 0 aliphatic heterocycles. The average Bonchev–Trinajstić information content (AvgIpc) is 4.04. The van der Waals surface area contributed by atoms with E-state index in [2.05, 4.69) is 36.4 Å². The molecule has 0 fully saturated rings. The average molecular weight is 908 g/mol. The molecule has 0 aromatic heterocycles. The molecule has 2 atom stereocenters. The standard InChI is InChI=1S/2C20H21ClF2NO.2C5H5.Ti/c2*1-3-5-12-24(20(25)14-6-8-15(21)9-7-14)19(4-2)17-11-10-16(22)13-18(17)23;2*1-2-4-5-3-1;/h2*6-11,19H,3-5,12H2,1-2H3;2*1-3H,4H2;/q4*-1;+4. The van der Waals surface area contributed by atoms with Gasteiger partial charge in [0.25, 0.3) is 11.8 Å². The fourth-order valence-corrected chi connectivity index (χ4v) is 6.54. The molecule has 2 unspecified atom stereocenters. The minimum Gasteiger partial charge on any atom is -0.343 e. The van der Waals surface area contributed by atoms with E-state index in [0.717, 1.165) is 38.5 Å². The Morgan fingerprint density at radius 1 is 0.590 bits per heavy atom. The van der Waals surface area contributed by atoms with Crippen LogP contribution in [-0.2, 0) is 21.7 Å². The second kappa shape index (κ2) is 29.2. The summed E-state index contributed by atoms with van der Waals surface area (Å²) in [6, 6.07) is 21.5. The fraction of sp³-hybridized carbons (Fsp3) is 0.320. The number of halogens is 6. The summed E-state index contributed by atoms with van der Waals surface area (Å²) in [4.78, 5) is 29.3. The van der Waals surface area contributed by atoms with Gasteiger partial charge in [0.15, 0.2) is 0 Å². The maximum atomic E-state index is 14.2. The van der Waals surface area contributed by atoms with Crippen molar-refractivity contribution in [1.82, 2.24) is 9.80 Å². The molecule has 11 heteroatoms. The van der Waals surface area contributed by atoms with Crippen molar-refractivity contribution < 1.29 is 48.9 Å². The molecular formula is C50H52Cl2F4N2O2Ti. The van der Waals surface area contributed by atoms with Gasteiger partial charge in [-0.2, -0.15) is 24.3 Å². The van der Waals surface area contributed by atoms with Crippen molar-refractivity contribution in [2.75, 3.05) is 13.1 Å². The fourth-order valence-electron chi connectivity index (χ4n) is 6.29. The number of unbranched alkanes of at least 4 members (excludes halogenated alkanes) is 2. The maximum Gasteiger partial charge on any atom is 4.00 e. The van der Waals surface area contributed by atoms with Gasteiger partial charge in [0.1, 0.15) is 0 Å². The van der Waals surface area contributed by atoms with Gasteiger partial charge >= 0.3 is 21.7 Å². The van der Waals surface area contributed by atoms with E-state index in [1.54, 1.807) is 58.3 Å². The van der Waals surface area contributed by atoms with Gasteiger partial charge < -0.3 is 9.80 Å². The first-order valence-corrected chi connectivity index (χ1v) is 21.0. The number of carbonyl (C=O) groups excluding carboxylic acids is 2. The minimum absolute atomic E-state index is 0. The Morgan fingerprint density at radius 3 is 1.20 bits per heavy atom. The predicted molar refractivity (Wildman–Crippen MR) is 234 cm³/mol. The smallest absolute Gasteiger partial charge is 0.343 e. The van der Waals surface area contributed by atoms with Crippen LogP contribution in [0.3, 0.4) is 0 Å². The number of nitrogens with zero attached hydrogens (tertiary/aromatic N) is 2. The third-order valence-corrected chi connectivity index (χ3v) is 9.91. The van der Waals surface area contributed by atoms with Crippen LogP contribution in [-0.4, -0.2) is 34.7 Å². The van der Waals surface area contributed by atoms with Crippen molar-refractivity contribution in [2.45, 2.75) is 91.1 Å². The van der Waals surface area contributed by atoms with Crippen LogP contribution in [0.5, 0.6) is 0 Å². The molecule has 0 bridgehead atoms. The van der Waals surface area contributed by atoms with Crippen molar-refractivity contribution in [3.8, 4) is 0 Å². The number of benzene rings is 4. The molecule has 0 radical (unpaired) electrons. The van der Waals surface area contributed by atoms with E-state index < -0.39 is 35.4 Å². The summed E-state index contributed by atoms with van der Waals surface area (Å²) in [5.41, 5.74) is 1.54. The Bertz CT molecular complexity index is 1890. The molecule has 0 spiro atoms. The first-order chi connectivity index (χ1) is 28.9. The quantitative estimate of drug-likeness (QED) is 0.0718. The summed E-state index contributed by atoms with van der Waals surface area (Å²) in [5.74, 6) is -3.39. The molecule has 6 rings (SSSR count). The van der Waals surface area contributed by atoms with Crippen molar-refractivity contribution in [3.63, 3.8) is 0 Å². The van der Waals surface area contributed by atoms with Crippen LogP contribution in [0.15, 0.2) is 109 Å². The number of hydrogen-bond acceptors (Lipinski definition) is 2. The Kier molecular flexibility index (Phi) is 25.3. The zero-order valence-electron chi connectivity index (χ0n) is 35.1. The van der Waals surface area contributed by atoms with Crippen LogP contribution < -0.4 is 0 Å². The van der Waals surface area contributed by atoms with E-state index >= 15 is 0 Å². The zero-order chi connectivity index (χ0) is 43.9. The van der Waals surface area contributed by atoms with Crippen molar-refractivity contribution in [3.05, 3.63) is 189 Å². The third kappa shape index (κ3) is 17.6. The second-order valence-corrected chi connectivity index (χ2v) is 14.6. The number of allylic oxidation sites excluding steroid dienone is 8. The molecule has 0 saturated carbocycles. The molecule has 4 nitrogen and oxygen atoms in total. The summed E-state index contributed by atoms with van der Waals surface area (Å²) >= 11 is 11.8. The Hall–Kier alpha value is -4.21. The number of rotatable bonds is 14. The zero-order valence-corrected chi connectivity index (χ0v) is 38.2. The van der Waals surface area contributed by atoms with Gasteiger partial charge in [-0.25, -0.2) is 41.9 Å². The van der Waals surface area contributed by atoms with E-state index in [1.165, 1.54) is 24.3 Å². The van der Waals surface area contributed by atoms with Crippen LogP contribution in [0, 0.1) is 47.6 Å². The summed E-state index contributed by atoms with van der Waals surface area (Å²) in [5, 5.41) is 1.09. The number of carbonyl (C=O) groups is 2. The topological polar surface area (TPSA) is 40.6 Å². The summed E-state index contributed by atoms with van der Waals surface area (Å²) in [6.45, 7) is 8.79. The Morgan fingerprint density at radius 2 is 0.951 bits per heavy atom. The van der Waals surface area contributed by atoms with Gasteiger partial charge in [-0.15, -0.1) is 37.1 Å². The van der Waals surface area contributed by atoms with E-state index in [-0.39, 0.29) is 44.7 Å². The Labute approximate surface area is 384 Å². The van der Waals surface area contributed by atoms with Crippen molar-refractivity contribution in [2.24, 2.45) is 0 Å².